The number of carbonyl (C=O) groups excluding carboxylic acids is 1. The van der Waals surface area contributed by atoms with E-state index in [2.05, 4.69) is 4.74 Å². The van der Waals surface area contributed by atoms with E-state index in [4.69, 9.17) is 16.9 Å². The second-order valence-electron chi connectivity index (χ2n) is 0.677. The average Bonchev–Trinajstić information content (AvgIpc) is 1.68. The molecule has 0 rings (SSSR count). The van der Waals surface area contributed by atoms with Crippen molar-refractivity contribution < 1.29 is 9.53 Å². The minimum Gasteiger partial charge on any atom is -0.434 e. The molecule has 0 aromatic rings. The van der Waals surface area contributed by atoms with Crippen LogP contribution >= 0.6 is 11.6 Å². The molecule has 0 fully saturated rings. The first-order valence-electron chi connectivity index (χ1n) is 1.44. The van der Waals surface area contributed by atoms with E-state index >= 15 is 0 Å². The summed E-state index contributed by atoms with van der Waals surface area (Å²) in [4.78, 5) is 9.32. The van der Waals surface area contributed by atoms with Gasteiger partial charge in [0.15, 0.2) is 0 Å². The molecule has 3 nitrogen and oxygen atoms in total. The highest BCUT2D eigenvalue weighted by atomic mass is 35.5. The van der Waals surface area contributed by atoms with Gasteiger partial charge >= 0.3 is 0 Å². The second-order valence-corrected chi connectivity index (χ2v) is 1.07. The summed E-state index contributed by atoms with van der Waals surface area (Å²) in [5, 5.41) is 7.80. The largest absolute Gasteiger partial charge is 0.434 e. The Morgan fingerprint density at radius 1 is 2.00 bits per heavy atom. The molecule has 1 atom stereocenters. The molecule has 0 aliphatic rings. The molecule has 0 spiro atoms. The van der Waals surface area contributed by atoms with Gasteiger partial charge < -0.3 is 4.74 Å². The van der Waals surface area contributed by atoms with Crippen molar-refractivity contribution in [2.75, 3.05) is 0 Å². The molecule has 4 heteroatoms. The number of hydrogen-bond acceptors (Lipinski definition) is 3. The smallest absolute Gasteiger partial charge is 0.295 e. The summed E-state index contributed by atoms with van der Waals surface area (Å²) in [5.74, 6) is 0. The number of halogens is 1. The summed E-state index contributed by atoms with van der Waals surface area (Å²) >= 11 is 4.95. The maximum atomic E-state index is 9.32. The summed E-state index contributed by atoms with van der Waals surface area (Å²) in [6.07, 6.45) is 0. The van der Waals surface area contributed by atoms with Crippen molar-refractivity contribution >= 4 is 18.1 Å². The van der Waals surface area contributed by atoms with Crippen LogP contribution in [0.25, 0.3) is 0 Å². The Morgan fingerprint density at radius 3 is 2.71 bits per heavy atom. The van der Waals surface area contributed by atoms with E-state index in [1.807, 2.05) is 0 Å². The number of alkyl halides is 1. The number of nitrogens with zero attached hydrogens (tertiary/aromatic N) is 1. The van der Waals surface area contributed by atoms with Crippen LogP contribution in [0.2, 0.25) is 0 Å². The Hall–Kier alpha value is -0.750. The molecular formula is C3H2ClNO2. The topological polar surface area (TPSA) is 50.1 Å². The third kappa shape index (κ3) is 3.07. The average molecular weight is 120 g/mol. The molecule has 0 saturated heterocycles. The minimum absolute atomic E-state index is 0.126. The number of rotatable bonds is 2. The minimum atomic E-state index is -1.14. The van der Waals surface area contributed by atoms with E-state index in [0.29, 0.717) is 0 Å². The van der Waals surface area contributed by atoms with Gasteiger partial charge in [-0.15, -0.1) is 0 Å². The fourth-order valence-corrected chi connectivity index (χ4v) is 0.121. The maximum absolute atomic E-state index is 9.32. The molecule has 38 valence electrons. The summed E-state index contributed by atoms with van der Waals surface area (Å²) in [5.41, 5.74) is -1.14. The van der Waals surface area contributed by atoms with Gasteiger partial charge in [0.05, 0.1) is 0 Å². The van der Waals surface area contributed by atoms with Crippen molar-refractivity contribution in [2.24, 2.45) is 0 Å². The molecule has 0 amide bonds. The zero-order chi connectivity index (χ0) is 5.70. The van der Waals surface area contributed by atoms with Crippen LogP contribution in [0.1, 0.15) is 0 Å². The number of carbonyl (C=O) groups is 1. The van der Waals surface area contributed by atoms with Gasteiger partial charge in [0, 0.05) is 0 Å². The van der Waals surface area contributed by atoms with E-state index in [-0.39, 0.29) is 6.47 Å². The van der Waals surface area contributed by atoms with Gasteiger partial charge in [0.1, 0.15) is 6.07 Å². The first kappa shape index (κ1) is 6.25. The van der Waals surface area contributed by atoms with E-state index < -0.39 is 5.56 Å². The molecule has 1 unspecified atom stereocenters. The van der Waals surface area contributed by atoms with Gasteiger partial charge in [-0.2, -0.15) is 5.26 Å². The standard InChI is InChI=1S/C3H2ClNO2/c4-3(1-5)7-2-6/h2-3H. The van der Waals surface area contributed by atoms with Gasteiger partial charge in [-0.25, -0.2) is 0 Å². The summed E-state index contributed by atoms with van der Waals surface area (Å²) in [6.45, 7) is 0.126. The molecular weight excluding hydrogens is 117 g/mol. The van der Waals surface area contributed by atoms with Crippen molar-refractivity contribution in [3.63, 3.8) is 0 Å². The van der Waals surface area contributed by atoms with Crippen molar-refractivity contribution in [2.45, 2.75) is 5.56 Å². The molecule has 0 N–H and O–H groups in total. The van der Waals surface area contributed by atoms with Crippen molar-refractivity contribution in [1.82, 2.24) is 0 Å². The molecule has 0 saturated carbocycles. The molecule has 0 aromatic carbocycles. The lowest BCUT2D eigenvalue weighted by molar-refractivity contribution is -0.128. The normalized spacial score (nSPS) is 11.4. The first-order chi connectivity index (χ1) is 3.31. The highest BCUT2D eigenvalue weighted by Gasteiger charge is 1.95. The Morgan fingerprint density at radius 2 is 2.57 bits per heavy atom. The SMILES string of the molecule is N#CC(Cl)OC=O. The van der Waals surface area contributed by atoms with Gasteiger partial charge in [0.25, 0.3) is 12.0 Å². The maximum Gasteiger partial charge on any atom is 0.295 e. The first-order valence-corrected chi connectivity index (χ1v) is 1.87. The van der Waals surface area contributed by atoms with Crippen LogP contribution in [0.5, 0.6) is 0 Å². The van der Waals surface area contributed by atoms with Crippen LogP contribution in [0.15, 0.2) is 0 Å². The lowest BCUT2D eigenvalue weighted by Crippen LogP contribution is -1.97. The summed E-state index contributed by atoms with van der Waals surface area (Å²) < 4.78 is 3.91. The lowest BCUT2D eigenvalue weighted by atomic mass is 10.8. The number of hydrogen-bond donors (Lipinski definition) is 0. The molecule has 7 heavy (non-hydrogen) atoms. The Balaban J connectivity index is 3.21. The zero-order valence-electron chi connectivity index (χ0n) is 3.30. The second kappa shape index (κ2) is 3.44. The van der Waals surface area contributed by atoms with E-state index in [0.717, 1.165) is 0 Å². The van der Waals surface area contributed by atoms with Crippen LogP contribution in [-0.2, 0) is 9.53 Å². The van der Waals surface area contributed by atoms with Crippen molar-refractivity contribution in [3.05, 3.63) is 0 Å². The molecule has 0 aliphatic heterocycles. The molecule has 0 bridgehead atoms. The van der Waals surface area contributed by atoms with E-state index in [1.54, 1.807) is 0 Å². The Labute approximate surface area is 45.4 Å². The third-order valence-corrected chi connectivity index (χ3v) is 0.477. The molecule has 0 radical (unpaired) electrons. The molecule has 0 aromatic heterocycles. The van der Waals surface area contributed by atoms with E-state index in [1.165, 1.54) is 6.07 Å². The Kier molecular flexibility index (Phi) is 3.07. The van der Waals surface area contributed by atoms with Crippen LogP contribution in [0, 0.1) is 11.3 Å². The summed E-state index contributed by atoms with van der Waals surface area (Å²) in [7, 11) is 0. The quantitative estimate of drug-likeness (QED) is 0.387. The predicted molar refractivity (Wildman–Crippen MR) is 22.4 cm³/mol. The zero-order valence-corrected chi connectivity index (χ0v) is 4.05. The fraction of sp³-hybridized carbons (Fsp3) is 0.333. The van der Waals surface area contributed by atoms with Gasteiger partial charge in [-0.1, -0.05) is 11.6 Å². The number of nitriles is 1. The van der Waals surface area contributed by atoms with Gasteiger partial charge in [0.2, 0.25) is 0 Å². The fourth-order valence-electron chi connectivity index (χ4n) is 0.0792. The van der Waals surface area contributed by atoms with Crippen LogP contribution in [0.4, 0.5) is 0 Å². The van der Waals surface area contributed by atoms with Gasteiger partial charge in [-0.05, 0) is 0 Å². The Bertz CT molecular complexity index is 97.6. The lowest BCUT2D eigenvalue weighted by Gasteiger charge is -1.90. The number of ether oxygens (including phenoxy) is 1. The highest BCUT2D eigenvalue weighted by Crippen LogP contribution is 1.90. The highest BCUT2D eigenvalue weighted by molar-refractivity contribution is 6.21. The molecule has 0 aliphatic carbocycles. The third-order valence-electron chi connectivity index (χ3n) is 0.277. The van der Waals surface area contributed by atoms with Crippen LogP contribution < -0.4 is 0 Å². The van der Waals surface area contributed by atoms with Gasteiger partial charge in [-0.3, -0.25) is 4.79 Å². The predicted octanol–water partition coefficient (Wildman–Crippen LogP) is 0.248. The monoisotopic (exact) mass is 119 g/mol. The van der Waals surface area contributed by atoms with Crippen LogP contribution in [-0.4, -0.2) is 12.0 Å². The molecule has 0 heterocycles. The summed E-state index contributed by atoms with van der Waals surface area (Å²) in [6, 6.07) is 1.48. The van der Waals surface area contributed by atoms with Crippen LogP contribution in [0.3, 0.4) is 0 Å². The van der Waals surface area contributed by atoms with Crippen molar-refractivity contribution in [3.8, 4) is 6.07 Å². The van der Waals surface area contributed by atoms with E-state index in [9.17, 15) is 4.79 Å². The van der Waals surface area contributed by atoms with Crippen molar-refractivity contribution in [1.29, 1.82) is 5.26 Å².